The second kappa shape index (κ2) is 11.7. The Kier molecular flexibility index (Phi) is 9.33. The van der Waals surface area contributed by atoms with E-state index in [4.69, 9.17) is 11.4 Å². The van der Waals surface area contributed by atoms with Crippen molar-refractivity contribution in [3.05, 3.63) is 103 Å². The maximum atomic E-state index is 6.67. The van der Waals surface area contributed by atoms with E-state index >= 15 is 0 Å². The number of pyridine rings is 2. The predicted octanol–water partition coefficient (Wildman–Crippen LogP) is 7.04. The Morgan fingerprint density at radius 1 is 0.812 bits per heavy atom. The molecule has 0 saturated heterocycles. The van der Waals surface area contributed by atoms with E-state index in [1.165, 1.54) is 11.1 Å². The van der Waals surface area contributed by atoms with Crippen molar-refractivity contribution in [2.75, 3.05) is 0 Å². The van der Waals surface area contributed by atoms with Crippen molar-refractivity contribution >= 4 is 8.07 Å². The molecule has 4 aromatic rings. The molecule has 162 valence electrons. The van der Waals surface area contributed by atoms with Crippen molar-refractivity contribution in [2.24, 2.45) is 0 Å². The van der Waals surface area contributed by atoms with E-state index in [0.717, 1.165) is 28.2 Å². The summed E-state index contributed by atoms with van der Waals surface area (Å²) in [6.07, 6.45) is 8.46. The fourth-order valence-electron chi connectivity index (χ4n) is 2.78. The van der Waals surface area contributed by atoms with Crippen molar-refractivity contribution < 1.29 is 21.1 Å². The number of benzene rings is 2. The van der Waals surface area contributed by atoms with Crippen molar-refractivity contribution in [3.63, 3.8) is 0 Å². The molecular formula is C28H26N2PtSi. The summed E-state index contributed by atoms with van der Waals surface area (Å²) in [6, 6.07) is 29.8. The predicted molar refractivity (Wildman–Crippen MR) is 132 cm³/mol. The van der Waals surface area contributed by atoms with Crippen LogP contribution in [0.15, 0.2) is 85.1 Å². The van der Waals surface area contributed by atoms with Crippen molar-refractivity contribution in [1.82, 2.24) is 9.97 Å². The van der Waals surface area contributed by atoms with Gasteiger partial charge in [0.15, 0.2) is 0 Å². The molecule has 0 aliphatic heterocycles. The van der Waals surface area contributed by atoms with E-state index in [1.807, 2.05) is 42.5 Å². The molecule has 0 amide bonds. The number of rotatable bonds is 3. The Hall–Kier alpha value is -2.79. The first-order valence-corrected chi connectivity index (χ1v) is 13.8. The number of hydrogen-bond donors (Lipinski definition) is 0. The molecule has 0 aliphatic carbocycles. The van der Waals surface area contributed by atoms with Gasteiger partial charge in [0.25, 0.3) is 0 Å². The van der Waals surface area contributed by atoms with Crippen LogP contribution in [0.1, 0.15) is 5.56 Å². The van der Waals surface area contributed by atoms with Gasteiger partial charge in [0.2, 0.25) is 0 Å². The molecule has 0 spiro atoms. The van der Waals surface area contributed by atoms with Gasteiger partial charge in [-0.05, 0) is 41.9 Å². The van der Waals surface area contributed by atoms with Crippen LogP contribution in [0.4, 0.5) is 0 Å². The summed E-state index contributed by atoms with van der Waals surface area (Å²) >= 11 is 0. The molecule has 2 nitrogen and oxygen atoms in total. The first-order valence-electron chi connectivity index (χ1n) is 10.3. The van der Waals surface area contributed by atoms with Crippen LogP contribution < -0.4 is 0 Å². The summed E-state index contributed by atoms with van der Waals surface area (Å²) in [5.74, 6) is 0. The van der Waals surface area contributed by atoms with Gasteiger partial charge >= 0.3 is 21.1 Å². The zero-order valence-corrected chi connectivity index (χ0v) is 22.1. The molecule has 0 unspecified atom stereocenters. The maximum Gasteiger partial charge on any atom is 2.00 e. The molecule has 2 heterocycles. The van der Waals surface area contributed by atoms with Gasteiger partial charge in [-0.1, -0.05) is 61.6 Å². The van der Waals surface area contributed by atoms with Gasteiger partial charge in [-0.15, -0.1) is 35.9 Å². The van der Waals surface area contributed by atoms with E-state index in [2.05, 4.69) is 79.6 Å². The second-order valence-electron chi connectivity index (χ2n) is 8.36. The van der Waals surface area contributed by atoms with Gasteiger partial charge in [-0.3, -0.25) is 9.97 Å². The maximum absolute atomic E-state index is 6.67. The van der Waals surface area contributed by atoms with E-state index in [1.54, 1.807) is 6.20 Å². The summed E-state index contributed by atoms with van der Waals surface area (Å²) in [7, 11) is -1.21. The topological polar surface area (TPSA) is 25.8 Å². The Morgan fingerprint density at radius 3 is 2.03 bits per heavy atom. The minimum atomic E-state index is -1.21. The first kappa shape index (κ1) is 25.5. The summed E-state index contributed by atoms with van der Waals surface area (Å²) < 4.78 is 0. The third-order valence-electron chi connectivity index (χ3n) is 4.50. The van der Waals surface area contributed by atoms with E-state index in [9.17, 15) is 0 Å². The van der Waals surface area contributed by atoms with Crippen LogP contribution in [0.2, 0.25) is 19.6 Å². The summed E-state index contributed by atoms with van der Waals surface area (Å²) in [4.78, 5) is 9.28. The molecule has 0 bridgehead atoms. The minimum absolute atomic E-state index is 0. The fourth-order valence-corrected chi connectivity index (χ4v) is 2.78. The summed E-state index contributed by atoms with van der Waals surface area (Å²) in [6.45, 7) is 8.35. The van der Waals surface area contributed by atoms with Crippen LogP contribution in [0, 0.1) is 25.0 Å². The largest absolute Gasteiger partial charge is 2.00 e. The zero-order chi connectivity index (χ0) is 22.3. The smallest absolute Gasteiger partial charge is 0.701 e. The Morgan fingerprint density at radius 2 is 1.47 bits per heavy atom. The molecule has 0 saturated carbocycles. The van der Waals surface area contributed by atoms with Gasteiger partial charge < -0.3 is 12.0 Å². The quantitative estimate of drug-likeness (QED) is 0.141. The molecule has 0 aliphatic rings. The van der Waals surface area contributed by atoms with Crippen LogP contribution in [-0.4, -0.2) is 18.0 Å². The average molecular weight is 614 g/mol. The van der Waals surface area contributed by atoms with Gasteiger partial charge in [0.1, 0.15) is 0 Å². The molecule has 4 rings (SSSR count). The van der Waals surface area contributed by atoms with Gasteiger partial charge in [0.05, 0.1) is 19.5 Å². The molecule has 0 N–H and O–H groups in total. The second-order valence-corrected chi connectivity index (χ2v) is 13.1. The van der Waals surface area contributed by atoms with E-state index < -0.39 is 8.07 Å². The Bertz CT molecular complexity index is 1100. The number of aryl methyl sites for hydroxylation is 1. The Labute approximate surface area is 207 Å². The monoisotopic (exact) mass is 613 g/mol. The molecule has 32 heavy (non-hydrogen) atoms. The van der Waals surface area contributed by atoms with Gasteiger partial charge in [-0.25, -0.2) is 0 Å². The van der Waals surface area contributed by atoms with E-state index in [0.29, 0.717) is 0 Å². The van der Waals surface area contributed by atoms with Gasteiger partial charge in [0, 0.05) is 6.20 Å². The summed E-state index contributed by atoms with van der Waals surface area (Å²) in [5.41, 5.74) is 9.66. The summed E-state index contributed by atoms with van der Waals surface area (Å²) in [5, 5.41) is 0. The number of nitrogens with zero attached hydrogens (tertiary/aromatic N) is 2. The number of aromatic nitrogens is 2. The SMILES string of the molecule is Cc1ccc(-c2cc(-c3[c-]cccc3)nc(-c3ccccn3)c2)cc1.[C-]#C[Si](C)(C)C.[Pt+2]. The standard InChI is InChI=1S/C23H17N2.C5H9Si.Pt/c1-17-10-12-18(13-11-17)20-15-22(19-7-3-2-4-8-19)25-23(16-20)21-9-5-6-14-24-21;1-5-6(2,3)4;/h2-7,9-16H,1H3;2-4H3;/q2*-1;+2. The van der Waals surface area contributed by atoms with Crippen molar-refractivity contribution in [2.45, 2.75) is 26.6 Å². The molecule has 4 heteroatoms. The number of hydrogen-bond acceptors (Lipinski definition) is 2. The van der Waals surface area contributed by atoms with Crippen LogP contribution in [0.25, 0.3) is 33.8 Å². The molecule has 2 aromatic carbocycles. The average Bonchev–Trinajstić information content (AvgIpc) is 2.80. The van der Waals surface area contributed by atoms with Crippen molar-refractivity contribution in [1.29, 1.82) is 0 Å². The minimum Gasteiger partial charge on any atom is -0.701 e. The third kappa shape index (κ3) is 7.41. The Balaban J connectivity index is 0.000000461. The molecule has 0 fully saturated rings. The van der Waals surface area contributed by atoms with Crippen LogP contribution in [0.5, 0.6) is 0 Å². The van der Waals surface area contributed by atoms with Crippen molar-refractivity contribution in [3.8, 4) is 39.3 Å². The molecule has 0 radical (unpaired) electrons. The molecular weight excluding hydrogens is 587 g/mol. The zero-order valence-electron chi connectivity index (χ0n) is 18.8. The van der Waals surface area contributed by atoms with Crippen LogP contribution >= 0.6 is 0 Å². The van der Waals surface area contributed by atoms with Crippen LogP contribution in [-0.2, 0) is 21.1 Å². The molecule has 2 aromatic heterocycles. The molecule has 0 atom stereocenters. The third-order valence-corrected chi connectivity index (χ3v) is 5.25. The van der Waals surface area contributed by atoms with E-state index in [-0.39, 0.29) is 21.1 Å². The van der Waals surface area contributed by atoms with Crippen LogP contribution in [0.3, 0.4) is 0 Å². The normalized spacial score (nSPS) is 10.2. The van der Waals surface area contributed by atoms with Gasteiger partial charge in [-0.2, -0.15) is 0 Å². The fraction of sp³-hybridized carbons (Fsp3) is 0.143. The first-order chi connectivity index (χ1) is 14.9.